The number of likely N-dealkylation sites (tertiary alicyclic amines) is 1. The van der Waals surface area contributed by atoms with Crippen LogP contribution in [-0.2, 0) is 0 Å². The molecule has 4 rings (SSSR count). The normalized spacial score (nSPS) is 25.3. The molecule has 1 aliphatic heterocycles. The number of amides is 1. The van der Waals surface area contributed by atoms with Crippen LogP contribution in [0.2, 0.25) is 0 Å². The minimum atomic E-state index is 0.0890. The quantitative estimate of drug-likeness (QED) is 0.872. The summed E-state index contributed by atoms with van der Waals surface area (Å²) in [5, 5.41) is 4.34. The molecule has 2 atom stereocenters. The number of hydrogen-bond acceptors (Lipinski definition) is 3. The Hall–Kier alpha value is -2.30. The second-order valence-corrected chi connectivity index (χ2v) is 6.65. The van der Waals surface area contributed by atoms with E-state index in [0.29, 0.717) is 16.9 Å². The zero-order chi connectivity index (χ0) is 16.0. The minimum absolute atomic E-state index is 0.0890. The van der Waals surface area contributed by atoms with Crippen molar-refractivity contribution in [2.75, 3.05) is 20.2 Å². The molecule has 5 nitrogen and oxygen atoms in total. The van der Waals surface area contributed by atoms with Crippen molar-refractivity contribution in [2.24, 2.45) is 11.3 Å². The Morgan fingerprint density at radius 1 is 1.43 bits per heavy atom. The molecule has 1 saturated carbocycles. The zero-order valence-corrected chi connectivity index (χ0v) is 13.5. The number of nitrogens with zero attached hydrogens (tertiary/aromatic N) is 3. The van der Waals surface area contributed by atoms with E-state index >= 15 is 0 Å². The number of aromatic nitrogens is 2. The zero-order valence-electron chi connectivity index (χ0n) is 13.5. The monoisotopic (exact) mass is 311 g/mol. The Labute approximate surface area is 135 Å². The molecule has 1 saturated heterocycles. The largest absolute Gasteiger partial charge is 0.494 e. The fourth-order valence-electron chi connectivity index (χ4n) is 3.86. The molecule has 23 heavy (non-hydrogen) atoms. The van der Waals surface area contributed by atoms with Crippen LogP contribution in [0, 0.1) is 11.3 Å². The lowest BCUT2D eigenvalue weighted by Gasteiger charge is -2.19. The molecular weight excluding hydrogens is 290 g/mol. The van der Waals surface area contributed by atoms with Crippen LogP contribution in [0.25, 0.3) is 5.69 Å². The summed E-state index contributed by atoms with van der Waals surface area (Å²) in [6, 6.07) is 7.66. The second kappa shape index (κ2) is 5.11. The summed E-state index contributed by atoms with van der Waals surface area (Å²) in [7, 11) is 1.63. The molecule has 120 valence electrons. The van der Waals surface area contributed by atoms with E-state index in [1.807, 2.05) is 29.2 Å². The van der Waals surface area contributed by atoms with E-state index in [9.17, 15) is 4.79 Å². The maximum atomic E-state index is 12.7. The summed E-state index contributed by atoms with van der Waals surface area (Å²) in [4.78, 5) is 14.7. The fourth-order valence-corrected chi connectivity index (χ4v) is 3.86. The van der Waals surface area contributed by atoms with Crippen LogP contribution in [0.3, 0.4) is 0 Å². The van der Waals surface area contributed by atoms with Crippen molar-refractivity contribution >= 4 is 5.91 Å². The van der Waals surface area contributed by atoms with Gasteiger partial charge in [0.25, 0.3) is 5.91 Å². The SMILES string of the molecule is CCC12CC1CN(C(=O)c1cnn(-c3ccccc3OC)c1)C2. The van der Waals surface area contributed by atoms with Gasteiger partial charge in [-0.1, -0.05) is 19.1 Å². The van der Waals surface area contributed by atoms with Crippen molar-refractivity contribution in [3.63, 3.8) is 0 Å². The standard InChI is InChI=1S/C18H21N3O2/c1-3-18-8-14(18)11-20(12-18)17(22)13-9-19-21(10-13)15-6-4-5-7-16(15)23-2/h4-7,9-10,14H,3,8,11-12H2,1-2H3. The van der Waals surface area contributed by atoms with Crippen LogP contribution >= 0.6 is 0 Å². The van der Waals surface area contributed by atoms with Gasteiger partial charge in [-0.25, -0.2) is 4.68 Å². The van der Waals surface area contributed by atoms with Crippen LogP contribution in [0.15, 0.2) is 36.7 Å². The molecule has 0 N–H and O–H groups in total. The van der Waals surface area contributed by atoms with Crippen LogP contribution in [-0.4, -0.2) is 40.8 Å². The van der Waals surface area contributed by atoms with Gasteiger partial charge in [-0.3, -0.25) is 4.79 Å². The number of rotatable bonds is 4. The Bertz CT molecular complexity index is 750. The first kappa shape index (κ1) is 14.3. The number of carbonyl (C=O) groups excluding carboxylic acids is 1. The number of piperidine rings is 1. The number of benzene rings is 1. The third-order valence-electron chi connectivity index (χ3n) is 5.46. The number of methoxy groups -OCH3 is 1. The molecule has 0 spiro atoms. The van der Waals surface area contributed by atoms with Gasteiger partial charge in [-0.05, 0) is 36.3 Å². The summed E-state index contributed by atoms with van der Waals surface area (Å²) < 4.78 is 7.07. The highest BCUT2D eigenvalue weighted by molar-refractivity contribution is 5.94. The highest BCUT2D eigenvalue weighted by atomic mass is 16.5. The summed E-state index contributed by atoms with van der Waals surface area (Å²) in [5.41, 5.74) is 1.89. The van der Waals surface area contributed by atoms with Crippen molar-refractivity contribution in [1.82, 2.24) is 14.7 Å². The molecule has 0 radical (unpaired) electrons. The predicted octanol–water partition coefficient (Wildman–Crippen LogP) is 2.75. The van der Waals surface area contributed by atoms with E-state index in [2.05, 4.69) is 12.0 Å². The summed E-state index contributed by atoms with van der Waals surface area (Å²) in [5.74, 6) is 1.54. The number of fused-ring (bicyclic) bond motifs is 1. The fraction of sp³-hybridized carbons (Fsp3) is 0.444. The van der Waals surface area contributed by atoms with Crippen LogP contribution in [0.5, 0.6) is 5.75 Å². The first-order chi connectivity index (χ1) is 11.2. The summed E-state index contributed by atoms with van der Waals surface area (Å²) >= 11 is 0. The van der Waals surface area contributed by atoms with Gasteiger partial charge < -0.3 is 9.64 Å². The Balaban J connectivity index is 1.55. The molecule has 2 heterocycles. The van der Waals surface area contributed by atoms with Crippen molar-refractivity contribution in [1.29, 1.82) is 0 Å². The lowest BCUT2D eigenvalue weighted by molar-refractivity contribution is 0.0764. The summed E-state index contributed by atoms with van der Waals surface area (Å²) in [6.45, 7) is 4.02. The maximum absolute atomic E-state index is 12.7. The Morgan fingerprint density at radius 3 is 3.00 bits per heavy atom. The van der Waals surface area contributed by atoms with Crippen molar-refractivity contribution in [3.8, 4) is 11.4 Å². The smallest absolute Gasteiger partial charge is 0.257 e. The van der Waals surface area contributed by atoms with Crippen LogP contribution in [0.4, 0.5) is 0 Å². The molecule has 1 amide bonds. The van der Waals surface area contributed by atoms with Crippen LogP contribution < -0.4 is 4.74 Å². The Morgan fingerprint density at radius 2 is 2.26 bits per heavy atom. The van der Waals surface area contributed by atoms with Gasteiger partial charge in [0.15, 0.2) is 0 Å². The molecule has 5 heteroatoms. The lowest BCUT2D eigenvalue weighted by Crippen LogP contribution is -2.31. The van der Waals surface area contributed by atoms with Gasteiger partial charge in [-0.15, -0.1) is 0 Å². The van der Waals surface area contributed by atoms with E-state index in [4.69, 9.17) is 4.74 Å². The highest BCUT2D eigenvalue weighted by Gasteiger charge is 2.59. The topological polar surface area (TPSA) is 47.4 Å². The predicted molar refractivity (Wildman–Crippen MR) is 86.9 cm³/mol. The molecule has 2 aliphatic rings. The number of carbonyl (C=O) groups is 1. The molecule has 2 fully saturated rings. The molecule has 2 aromatic rings. The molecular formula is C18H21N3O2. The Kier molecular flexibility index (Phi) is 3.18. The van der Waals surface area contributed by atoms with Crippen molar-refractivity contribution in [2.45, 2.75) is 19.8 Å². The molecule has 1 aliphatic carbocycles. The second-order valence-electron chi connectivity index (χ2n) is 6.65. The molecule has 0 bridgehead atoms. The summed E-state index contributed by atoms with van der Waals surface area (Å²) in [6.07, 6.45) is 5.90. The van der Waals surface area contributed by atoms with Gasteiger partial charge in [-0.2, -0.15) is 5.10 Å². The maximum Gasteiger partial charge on any atom is 0.257 e. The van der Waals surface area contributed by atoms with Crippen molar-refractivity contribution in [3.05, 3.63) is 42.2 Å². The first-order valence-corrected chi connectivity index (χ1v) is 8.14. The third kappa shape index (κ3) is 2.22. The van der Waals surface area contributed by atoms with Gasteiger partial charge >= 0.3 is 0 Å². The number of hydrogen-bond donors (Lipinski definition) is 0. The average molecular weight is 311 g/mol. The van der Waals surface area contributed by atoms with Gasteiger partial charge in [0.1, 0.15) is 11.4 Å². The van der Waals surface area contributed by atoms with Gasteiger partial charge in [0.2, 0.25) is 0 Å². The van der Waals surface area contributed by atoms with E-state index in [1.54, 1.807) is 24.2 Å². The number of para-hydroxylation sites is 2. The van der Waals surface area contributed by atoms with E-state index in [0.717, 1.165) is 24.5 Å². The lowest BCUT2D eigenvalue weighted by atomic mass is 10.0. The first-order valence-electron chi connectivity index (χ1n) is 8.14. The molecule has 1 aromatic heterocycles. The van der Waals surface area contributed by atoms with E-state index in [1.165, 1.54) is 12.8 Å². The van der Waals surface area contributed by atoms with Gasteiger partial charge in [0.05, 0.1) is 18.9 Å². The third-order valence-corrected chi connectivity index (χ3v) is 5.46. The van der Waals surface area contributed by atoms with E-state index in [-0.39, 0.29) is 5.91 Å². The van der Waals surface area contributed by atoms with E-state index < -0.39 is 0 Å². The minimum Gasteiger partial charge on any atom is -0.494 e. The molecule has 1 aromatic carbocycles. The van der Waals surface area contributed by atoms with Crippen molar-refractivity contribution < 1.29 is 9.53 Å². The van der Waals surface area contributed by atoms with Crippen LogP contribution in [0.1, 0.15) is 30.1 Å². The highest BCUT2D eigenvalue weighted by Crippen LogP contribution is 2.59. The van der Waals surface area contributed by atoms with Gasteiger partial charge in [0, 0.05) is 19.3 Å². The number of ether oxygens (including phenoxy) is 1. The average Bonchev–Trinajstić information content (AvgIpc) is 2.96. The molecule has 2 unspecified atom stereocenters.